The van der Waals surface area contributed by atoms with Gasteiger partial charge in [0.05, 0.1) is 13.3 Å². The molecule has 0 unspecified atom stereocenters. The number of hydrogen-bond donors (Lipinski definition) is 4. The highest BCUT2D eigenvalue weighted by molar-refractivity contribution is 5.98. The van der Waals surface area contributed by atoms with Gasteiger partial charge in [-0.3, -0.25) is 14.4 Å². The fourth-order valence-electron chi connectivity index (χ4n) is 3.88. The summed E-state index contributed by atoms with van der Waals surface area (Å²) < 4.78 is 5.16. The minimum absolute atomic E-state index is 0.133. The van der Waals surface area contributed by atoms with Crippen molar-refractivity contribution < 1.29 is 19.1 Å². The highest BCUT2D eigenvalue weighted by atomic mass is 16.5. The molecule has 194 valence electrons. The van der Waals surface area contributed by atoms with Gasteiger partial charge in [-0.15, -0.1) is 0 Å². The Balaban J connectivity index is 1.16. The maximum Gasteiger partial charge on any atom is 0.271 e. The molecule has 0 radical (unpaired) electrons. The summed E-state index contributed by atoms with van der Waals surface area (Å²) in [7, 11) is 1.58. The van der Waals surface area contributed by atoms with E-state index < -0.39 is 5.91 Å². The first-order valence-electron chi connectivity index (χ1n) is 12.2. The van der Waals surface area contributed by atoms with E-state index in [0.29, 0.717) is 29.8 Å². The number of fused-ring (bicyclic) bond motifs is 1. The van der Waals surface area contributed by atoms with Crippen LogP contribution < -0.4 is 20.8 Å². The topological polar surface area (TPSA) is 125 Å². The Kier molecular flexibility index (Phi) is 8.85. The van der Waals surface area contributed by atoms with Gasteiger partial charge < -0.3 is 20.4 Å². The van der Waals surface area contributed by atoms with Gasteiger partial charge in [0, 0.05) is 47.7 Å². The zero-order valence-electron chi connectivity index (χ0n) is 21.0. The molecule has 0 spiro atoms. The molecule has 3 aromatic carbocycles. The minimum atomic E-state index is -0.402. The first-order chi connectivity index (χ1) is 18.5. The lowest BCUT2D eigenvalue weighted by molar-refractivity contribution is -0.120. The van der Waals surface area contributed by atoms with E-state index in [1.54, 1.807) is 37.4 Å². The van der Waals surface area contributed by atoms with Crippen LogP contribution in [0, 0.1) is 0 Å². The number of carbonyl (C=O) groups is 3. The Morgan fingerprint density at radius 2 is 1.66 bits per heavy atom. The van der Waals surface area contributed by atoms with Crippen LogP contribution in [0.1, 0.15) is 38.3 Å². The predicted molar refractivity (Wildman–Crippen MR) is 146 cm³/mol. The molecule has 0 saturated carbocycles. The lowest BCUT2D eigenvalue weighted by Crippen LogP contribution is -2.31. The molecule has 4 aromatic rings. The number of benzene rings is 3. The number of hydrogen-bond acceptors (Lipinski definition) is 5. The predicted octanol–water partition coefficient (Wildman–Crippen LogP) is 3.42. The lowest BCUT2D eigenvalue weighted by atomic mass is 10.1. The van der Waals surface area contributed by atoms with Crippen molar-refractivity contribution in [1.29, 1.82) is 0 Å². The molecule has 0 aliphatic heterocycles. The normalized spacial score (nSPS) is 10.9. The summed E-state index contributed by atoms with van der Waals surface area (Å²) in [6, 6.07) is 21.5. The molecule has 9 heteroatoms. The molecule has 3 amide bonds. The second-order valence-electron chi connectivity index (χ2n) is 8.52. The molecule has 0 aliphatic rings. The molecule has 4 rings (SSSR count). The summed E-state index contributed by atoms with van der Waals surface area (Å²) in [5, 5.41) is 10.7. The van der Waals surface area contributed by atoms with Gasteiger partial charge in [-0.25, -0.2) is 5.43 Å². The minimum Gasteiger partial charge on any atom is -0.497 e. The van der Waals surface area contributed by atoms with Crippen molar-refractivity contribution >= 4 is 34.8 Å². The number of H-pyrrole nitrogens is 1. The standard InChI is InChI=1S/C29H29N5O4/c1-38-24-6-4-5-20(17-24)18-33-34-29(37)22-11-9-21(10-12-22)28(36)31-16-14-27(35)30-15-13-23-19-32-26-8-3-2-7-25(23)26/h2-12,17-19,32H,13-16H2,1H3,(H,30,35)(H,31,36)(H,34,37). The third-order valence-corrected chi connectivity index (χ3v) is 5.91. The molecule has 4 N–H and O–H groups in total. The number of nitrogens with one attached hydrogen (secondary N) is 4. The van der Waals surface area contributed by atoms with Crippen molar-refractivity contribution in [2.24, 2.45) is 5.10 Å². The fourth-order valence-corrected chi connectivity index (χ4v) is 3.88. The van der Waals surface area contributed by atoms with E-state index in [-0.39, 0.29) is 24.8 Å². The maximum atomic E-state index is 12.4. The lowest BCUT2D eigenvalue weighted by Gasteiger charge is -2.07. The van der Waals surface area contributed by atoms with Crippen LogP contribution >= 0.6 is 0 Å². The van der Waals surface area contributed by atoms with E-state index in [1.807, 2.05) is 42.6 Å². The van der Waals surface area contributed by atoms with Crippen molar-refractivity contribution in [3.05, 3.63) is 101 Å². The first-order valence-corrected chi connectivity index (χ1v) is 12.2. The molecular formula is C29H29N5O4. The summed E-state index contributed by atoms with van der Waals surface area (Å²) in [4.78, 5) is 40.1. The van der Waals surface area contributed by atoms with E-state index >= 15 is 0 Å². The van der Waals surface area contributed by atoms with Crippen LogP contribution in [-0.2, 0) is 11.2 Å². The number of amides is 3. The fraction of sp³-hybridized carbons (Fsp3) is 0.172. The molecule has 1 heterocycles. The summed E-state index contributed by atoms with van der Waals surface area (Å²) in [5.74, 6) is -0.164. The molecule has 0 fully saturated rings. The SMILES string of the molecule is COc1cccc(C=NNC(=O)c2ccc(C(=O)NCCC(=O)NCCc3c[nH]c4ccccc34)cc2)c1. The van der Waals surface area contributed by atoms with Gasteiger partial charge >= 0.3 is 0 Å². The zero-order chi connectivity index (χ0) is 26.7. The smallest absolute Gasteiger partial charge is 0.271 e. The zero-order valence-corrected chi connectivity index (χ0v) is 21.0. The van der Waals surface area contributed by atoms with Gasteiger partial charge in [-0.05, 0) is 60.0 Å². The third-order valence-electron chi connectivity index (χ3n) is 5.91. The van der Waals surface area contributed by atoms with E-state index in [9.17, 15) is 14.4 Å². The van der Waals surface area contributed by atoms with Gasteiger partial charge in [-0.2, -0.15) is 5.10 Å². The quantitative estimate of drug-likeness (QED) is 0.182. The number of carbonyl (C=O) groups excluding carboxylic acids is 3. The van der Waals surface area contributed by atoms with Crippen molar-refractivity contribution in [3.8, 4) is 5.75 Å². The number of hydrazone groups is 1. The molecule has 0 saturated heterocycles. The van der Waals surface area contributed by atoms with E-state index in [1.165, 1.54) is 6.21 Å². The van der Waals surface area contributed by atoms with Crippen molar-refractivity contribution in [2.75, 3.05) is 20.2 Å². The van der Waals surface area contributed by atoms with Crippen LogP contribution in [0.15, 0.2) is 84.1 Å². The van der Waals surface area contributed by atoms with Crippen LogP contribution in [0.2, 0.25) is 0 Å². The van der Waals surface area contributed by atoms with Gasteiger partial charge in [0.1, 0.15) is 5.75 Å². The number of aromatic amines is 1. The molecule has 1 aromatic heterocycles. The van der Waals surface area contributed by atoms with Crippen LogP contribution in [-0.4, -0.2) is 49.1 Å². The number of rotatable bonds is 11. The second-order valence-corrected chi connectivity index (χ2v) is 8.52. The third kappa shape index (κ3) is 7.07. The van der Waals surface area contributed by atoms with Crippen molar-refractivity contribution in [3.63, 3.8) is 0 Å². The van der Waals surface area contributed by atoms with Crippen molar-refractivity contribution in [2.45, 2.75) is 12.8 Å². The molecular weight excluding hydrogens is 482 g/mol. The Bertz CT molecular complexity index is 1440. The Morgan fingerprint density at radius 1 is 0.895 bits per heavy atom. The van der Waals surface area contributed by atoms with Gasteiger partial charge in [-0.1, -0.05) is 30.3 Å². The molecule has 0 atom stereocenters. The Labute approximate surface area is 220 Å². The van der Waals surface area contributed by atoms with Gasteiger partial charge in [0.25, 0.3) is 11.8 Å². The Hall–Kier alpha value is -4.92. The molecule has 38 heavy (non-hydrogen) atoms. The van der Waals surface area contributed by atoms with E-state index in [2.05, 4.69) is 32.2 Å². The first kappa shape index (κ1) is 26.2. The van der Waals surface area contributed by atoms with Crippen LogP contribution in [0.4, 0.5) is 0 Å². The molecule has 0 bridgehead atoms. The van der Waals surface area contributed by atoms with Crippen LogP contribution in [0.5, 0.6) is 5.75 Å². The van der Waals surface area contributed by atoms with Crippen molar-refractivity contribution in [1.82, 2.24) is 21.0 Å². The Morgan fingerprint density at radius 3 is 2.45 bits per heavy atom. The summed E-state index contributed by atoms with van der Waals surface area (Å²) in [6.45, 7) is 0.723. The molecule has 9 nitrogen and oxygen atoms in total. The number of methoxy groups -OCH3 is 1. The van der Waals surface area contributed by atoms with E-state index in [4.69, 9.17) is 4.74 Å². The van der Waals surface area contributed by atoms with Crippen LogP contribution in [0.25, 0.3) is 10.9 Å². The van der Waals surface area contributed by atoms with E-state index in [0.717, 1.165) is 22.0 Å². The van der Waals surface area contributed by atoms with Gasteiger partial charge in [0.2, 0.25) is 5.91 Å². The monoisotopic (exact) mass is 511 g/mol. The number of nitrogens with zero attached hydrogens (tertiary/aromatic N) is 1. The highest BCUT2D eigenvalue weighted by Gasteiger charge is 2.10. The number of para-hydroxylation sites is 1. The summed E-state index contributed by atoms with van der Waals surface area (Å²) >= 11 is 0. The maximum absolute atomic E-state index is 12.4. The second kappa shape index (κ2) is 12.9. The average molecular weight is 512 g/mol. The molecule has 0 aliphatic carbocycles. The highest BCUT2D eigenvalue weighted by Crippen LogP contribution is 2.17. The summed E-state index contributed by atoms with van der Waals surface area (Å²) in [5.41, 5.74) is 6.21. The average Bonchev–Trinajstić information content (AvgIpc) is 3.36. The number of ether oxygens (including phenoxy) is 1. The van der Waals surface area contributed by atoms with Crippen LogP contribution in [0.3, 0.4) is 0 Å². The largest absolute Gasteiger partial charge is 0.497 e. The number of aromatic nitrogens is 1. The van der Waals surface area contributed by atoms with Gasteiger partial charge in [0.15, 0.2) is 0 Å². The summed E-state index contributed by atoms with van der Waals surface area (Å²) in [6.07, 6.45) is 4.36.